The van der Waals surface area contributed by atoms with Crippen molar-refractivity contribution in [2.75, 3.05) is 19.0 Å². The number of anilines is 1. The molecule has 1 atom stereocenters. The lowest BCUT2D eigenvalue weighted by atomic mass is 9.78. The Morgan fingerprint density at radius 2 is 2.06 bits per heavy atom. The smallest absolute Gasteiger partial charge is 0.216 e. The number of ether oxygens (including phenoxy) is 1. The number of aromatic nitrogens is 6. The van der Waals surface area contributed by atoms with Gasteiger partial charge in [-0.3, -0.25) is 4.79 Å². The molecule has 1 fully saturated rings. The molecule has 0 spiro atoms. The van der Waals surface area contributed by atoms with Crippen LogP contribution >= 0.6 is 0 Å². The molecule has 1 aliphatic rings. The summed E-state index contributed by atoms with van der Waals surface area (Å²) < 4.78 is 7.32. The third kappa shape index (κ3) is 4.21. The summed E-state index contributed by atoms with van der Waals surface area (Å²) in [5.41, 5.74) is 3.56. The van der Waals surface area contributed by atoms with Crippen LogP contribution in [0.15, 0.2) is 49.2 Å². The summed E-state index contributed by atoms with van der Waals surface area (Å²) in [6.07, 6.45) is 8.59. The van der Waals surface area contributed by atoms with Gasteiger partial charge in [-0.25, -0.2) is 24.6 Å². The van der Waals surface area contributed by atoms with Gasteiger partial charge in [-0.1, -0.05) is 13.0 Å². The number of carbonyl (C=O) groups excluding carboxylic acids is 1. The molecule has 0 aliphatic heterocycles. The largest absolute Gasteiger partial charge is 0.481 e. The summed E-state index contributed by atoms with van der Waals surface area (Å²) in [4.78, 5) is 29.3. The van der Waals surface area contributed by atoms with Crippen molar-refractivity contribution < 1.29 is 9.53 Å². The van der Waals surface area contributed by atoms with Crippen molar-refractivity contribution in [3.63, 3.8) is 0 Å². The standard InChI is InChI=1S/C25H27N7O2/c1-15(21-5-4-6-26-25(21)34-3)11-27-23-10-22(29-14-30-23)18-7-19-13-31-32(24(19)28-12-18)20-8-17(9-20)16(2)33/h4-7,10,12-15,17,20H,8-9,11H2,1-3H3,(H,27,29,30)/t15-,17?,20?/m1/s1. The maximum atomic E-state index is 11.5. The Balaban J connectivity index is 1.30. The van der Waals surface area contributed by atoms with Crippen molar-refractivity contribution in [2.45, 2.75) is 38.6 Å². The van der Waals surface area contributed by atoms with E-state index in [1.54, 1.807) is 26.6 Å². The van der Waals surface area contributed by atoms with Gasteiger partial charge in [-0.15, -0.1) is 0 Å². The number of hydrogen-bond acceptors (Lipinski definition) is 8. The predicted octanol–water partition coefficient (Wildman–Crippen LogP) is 4.05. The molecule has 1 N–H and O–H groups in total. The minimum atomic E-state index is 0.150. The molecule has 0 saturated heterocycles. The summed E-state index contributed by atoms with van der Waals surface area (Å²) in [6.45, 7) is 4.45. The van der Waals surface area contributed by atoms with Gasteiger partial charge >= 0.3 is 0 Å². The van der Waals surface area contributed by atoms with E-state index in [1.807, 2.05) is 41.3 Å². The highest BCUT2D eigenvalue weighted by molar-refractivity contribution is 5.81. The van der Waals surface area contributed by atoms with Gasteiger partial charge < -0.3 is 10.1 Å². The molecule has 4 aromatic rings. The molecular weight excluding hydrogens is 430 g/mol. The van der Waals surface area contributed by atoms with Gasteiger partial charge in [0.15, 0.2) is 5.65 Å². The van der Waals surface area contributed by atoms with E-state index in [-0.39, 0.29) is 23.7 Å². The maximum Gasteiger partial charge on any atom is 0.216 e. The fourth-order valence-corrected chi connectivity index (χ4v) is 4.40. The van der Waals surface area contributed by atoms with Gasteiger partial charge in [-0.05, 0) is 31.9 Å². The molecule has 0 unspecified atom stereocenters. The third-order valence-electron chi connectivity index (χ3n) is 6.54. The van der Waals surface area contributed by atoms with Crippen molar-refractivity contribution in [3.8, 4) is 17.1 Å². The van der Waals surface area contributed by atoms with Crippen molar-refractivity contribution in [1.82, 2.24) is 29.7 Å². The average Bonchev–Trinajstić information content (AvgIpc) is 3.24. The van der Waals surface area contributed by atoms with Crippen LogP contribution in [0.5, 0.6) is 5.88 Å². The summed E-state index contributed by atoms with van der Waals surface area (Å²) >= 11 is 0. The number of hydrogen-bond donors (Lipinski definition) is 1. The van der Waals surface area contributed by atoms with Gasteiger partial charge in [0, 0.05) is 53.4 Å². The van der Waals surface area contributed by atoms with Gasteiger partial charge in [0.1, 0.15) is 17.9 Å². The van der Waals surface area contributed by atoms with Crippen LogP contribution in [0.1, 0.15) is 44.2 Å². The normalized spacial score (nSPS) is 18.3. The van der Waals surface area contributed by atoms with Crippen LogP contribution in [0.25, 0.3) is 22.3 Å². The maximum absolute atomic E-state index is 11.5. The molecule has 0 amide bonds. The second-order valence-corrected chi connectivity index (χ2v) is 8.83. The fourth-order valence-electron chi connectivity index (χ4n) is 4.40. The molecule has 0 radical (unpaired) electrons. The van der Waals surface area contributed by atoms with E-state index in [0.717, 1.165) is 46.5 Å². The van der Waals surface area contributed by atoms with Crippen LogP contribution < -0.4 is 10.1 Å². The first-order valence-electron chi connectivity index (χ1n) is 11.4. The molecule has 174 valence electrons. The number of ketones is 1. The first-order chi connectivity index (χ1) is 16.5. The first kappa shape index (κ1) is 21.9. The zero-order chi connectivity index (χ0) is 23.7. The Hall–Kier alpha value is -3.88. The highest BCUT2D eigenvalue weighted by atomic mass is 16.5. The van der Waals surface area contributed by atoms with Crippen LogP contribution in [-0.4, -0.2) is 49.2 Å². The minimum absolute atomic E-state index is 0.150. The van der Waals surface area contributed by atoms with Crippen molar-refractivity contribution in [2.24, 2.45) is 5.92 Å². The second kappa shape index (κ2) is 9.17. The van der Waals surface area contributed by atoms with Crippen molar-refractivity contribution in [3.05, 3.63) is 54.7 Å². The molecule has 0 aromatic carbocycles. The zero-order valence-electron chi connectivity index (χ0n) is 19.5. The number of pyridine rings is 2. The molecular formula is C25H27N7O2. The van der Waals surface area contributed by atoms with E-state index in [1.165, 1.54) is 0 Å². The van der Waals surface area contributed by atoms with E-state index < -0.39 is 0 Å². The topological polar surface area (TPSA) is 108 Å². The number of carbonyl (C=O) groups is 1. The van der Waals surface area contributed by atoms with E-state index in [2.05, 4.69) is 37.3 Å². The van der Waals surface area contributed by atoms with E-state index >= 15 is 0 Å². The second-order valence-electron chi connectivity index (χ2n) is 8.83. The molecule has 1 saturated carbocycles. The number of nitrogens with zero attached hydrogens (tertiary/aromatic N) is 6. The lowest BCUT2D eigenvalue weighted by molar-refractivity contribution is -0.124. The summed E-state index contributed by atoms with van der Waals surface area (Å²) in [5, 5.41) is 8.88. The van der Waals surface area contributed by atoms with Crippen LogP contribution in [0.4, 0.5) is 5.82 Å². The Labute approximate surface area is 197 Å². The molecule has 5 rings (SSSR count). The van der Waals surface area contributed by atoms with Gasteiger partial charge in [0.2, 0.25) is 5.88 Å². The first-order valence-corrected chi connectivity index (χ1v) is 11.4. The quantitative estimate of drug-likeness (QED) is 0.422. The lowest BCUT2D eigenvalue weighted by Crippen LogP contribution is -2.31. The molecule has 1 aliphatic carbocycles. The number of rotatable bonds is 8. The molecule has 4 heterocycles. The lowest BCUT2D eigenvalue weighted by Gasteiger charge is -2.33. The molecule has 9 nitrogen and oxygen atoms in total. The Morgan fingerprint density at radius 3 is 2.85 bits per heavy atom. The number of nitrogens with one attached hydrogen (secondary N) is 1. The SMILES string of the molecule is COc1ncccc1[C@H](C)CNc1cc(-c2cnc3c(cnn3C3CC(C(C)=O)C3)c2)ncn1. The van der Waals surface area contributed by atoms with Crippen molar-refractivity contribution in [1.29, 1.82) is 0 Å². The van der Waals surface area contributed by atoms with E-state index in [0.29, 0.717) is 12.4 Å². The molecule has 34 heavy (non-hydrogen) atoms. The van der Waals surface area contributed by atoms with Crippen LogP contribution in [-0.2, 0) is 4.79 Å². The highest BCUT2D eigenvalue weighted by Gasteiger charge is 2.34. The van der Waals surface area contributed by atoms with Gasteiger partial charge in [-0.2, -0.15) is 5.10 Å². The summed E-state index contributed by atoms with van der Waals surface area (Å²) in [5.74, 6) is 1.96. The molecule has 0 bridgehead atoms. The van der Waals surface area contributed by atoms with Gasteiger partial charge in [0.05, 0.1) is 25.0 Å². The molecule has 9 heteroatoms. The Bertz CT molecular complexity index is 1330. The highest BCUT2D eigenvalue weighted by Crippen LogP contribution is 2.39. The Morgan fingerprint density at radius 1 is 1.21 bits per heavy atom. The zero-order valence-corrected chi connectivity index (χ0v) is 19.5. The third-order valence-corrected chi connectivity index (χ3v) is 6.54. The Kier molecular flexibility index (Phi) is 5.91. The molecule has 4 aromatic heterocycles. The van der Waals surface area contributed by atoms with Crippen LogP contribution in [0, 0.1) is 5.92 Å². The van der Waals surface area contributed by atoms with Crippen molar-refractivity contribution >= 4 is 22.6 Å². The number of fused-ring (bicyclic) bond motifs is 1. The van der Waals surface area contributed by atoms with E-state index in [4.69, 9.17) is 4.74 Å². The van der Waals surface area contributed by atoms with Crippen LogP contribution in [0.2, 0.25) is 0 Å². The minimum Gasteiger partial charge on any atom is -0.481 e. The average molecular weight is 458 g/mol. The summed E-state index contributed by atoms with van der Waals surface area (Å²) in [6, 6.07) is 8.13. The van der Waals surface area contributed by atoms with Gasteiger partial charge in [0.25, 0.3) is 0 Å². The monoisotopic (exact) mass is 457 g/mol. The number of Topliss-reactive ketones (excluding diaryl/α,β-unsaturated/α-hetero) is 1. The van der Waals surface area contributed by atoms with E-state index in [9.17, 15) is 4.79 Å². The fraction of sp³-hybridized carbons (Fsp3) is 0.360. The van der Waals surface area contributed by atoms with Crippen LogP contribution in [0.3, 0.4) is 0 Å². The number of methoxy groups -OCH3 is 1. The summed E-state index contributed by atoms with van der Waals surface area (Å²) in [7, 11) is 1.63. The predicted molar refractivity (Wildman–Crippen MR) is 129 cm³/mol.